The van der Waals surface area contributed by atoms with E-state index in [1.54, 1.807) is 17.6 Å². The molecule has 6 N–H and O–H groups in total. The first-order valence-electron chi connectivity index (χ1n) is 24.6. The van der Waals surface area contributed by atoms with Crippen molar-refractivity contribution in [2.24, 2.45) is 0 Å². The first-order chi connectivity index (χ1) is 34.9. The van der Waals surface area contributed by atoms with Gasteiger partial charge in [0, 0.05) is 47.4 Å². The third kappa shape index (κ3) is 13.5. The van der Waals surface area contributed by atoms with Crippen molar-refractivity contribution in [3.8, 4) is 11.4 Å². The number of benzene rings is 2. The molecule has 1 saturated heterocycles. The monoisotopic (exact) mass is 1030 g/mol. The number of nitrogens with zero attached hydrogens (tertiary/aromatic N) is 3. The van der Waals surface area contributed by atoms with E-state index >= 15 is 4.39 Å². The lowest BCUT2D eigenvalue weighted by Crippen LogP contribution is -2.45. The van der Waals surface area contributed by atoms with Crippen LogP contribution in [0.5, 0.6) is 0 Å². The van der Waals surface area contributed by atoms with Crippen LogP contribution in [0.25, 0.3) is 22.3 Å². The summed E-state index contributed by atoms with van der Waals surface area (Å²) >= 11 is 4.08. The van der Waals surface area contributed by atoms with Gasteiger partial charge in [-0.3, -0.25) is 43.3 Å². The second-order valence-electron chi connectivity index (χ2n) is 18.4. The molecule has 7 amide bonds. The number of hydrogen-bond donors (Lipinski definition) is 7. The zero-order valence-corrected chi connectivity index (χ0v) is 42.8. The summed E-state index contributed by atoms with van der Waals surface area (Å²) < 4.78 is 28.3. The van der Waals surface area contributed by atoms with E-state index in [0.717, 1.165) is 22.1 Å². The highest BCUT2D eigenvalue weighted by Crippen LogP contribution is 2.48. The molecule has 2 aromatic heterocycles. The molecule has 19 nitrogen and oxygen atoms in total. The summed E-state index contributed by atoms with van der Waals surface area (Å²) in [7, 11) is 0. The Morgan fingerprint density at radius 2 is 1.49 bits per heavy atom. The number of aryl methyl sites for hydroxylation is 2. The third-order valence-corrected chi connectivity index (χ3v) is 13.5. The number of nitrogens with one attached hydrogen (secondary N) is 5. The van der Waals surface area contributed by atoms with E-state index in [-0.39, 0.29) is 88.1 Å². The first kappa shape index (κ1) is 55.8. The predicted octanol–water partition coefficient (Wildman–Crippen LogP) is 2.83. The van der Waals surface area contributed by atoms with Crippen LogP contribution in [0, 0.1) is 19.7 Å². The zero-order chi connectivity index (χ0) is 53.0. The topological polar surface area (TPSA) is 256 Å². The Bertz CT molecular complexity index is 2810. The number of fused-ring (bicyclic) bond motifs is 5. The molecule has 392 valence electrons. The molecule has 0 saturated carbocycles. The number of carbonyl (C=O) groups excluding carboxylic acids is 7. The average molecular weight is 1030 g/mol. The molecule has 1 fully saturated rings. The fourth-order valence-corrected chi connectivity index (χ4v) is 9.57. The van der Waals surface area contributed by atoms with Gasteiger partial charge in [-0.2, -0.15) is 12.6 Å². The van der Waals surface area contributed by atoms with Crippen molar-refractivity contribution in [1.29, 1.82) is 0 Å². The predicted molar refractivity (Wildman–Crippen MR) is 272 cm³/mol. The molecule has 8 rings (SSSR count). The Kier molecular flexibility index (Phi) is 19.4. The van der Waals surface area contributed by atoms with Gasteiger partial charge in [0.15, 0.2) is 0 Å². The zero-order valence-electron chi connectivity index (χ0n) is 41.9. The van der Waals surface area contributed by atoms with Crippen LogP contribution in [0.15, 0.2) is 47.3 Å². The maximum atomic E-state index is 15.2. The molecule has 5 heterocycles. The number of likely N-dealkylation sites (tertiary alicyclic amines) is 1. The number of amides is 7. The molecule has 4 aromatic rings. The lowest BCUT2D eigenvalue weighted by atomic mass is 9.69. The molecule has 3 aliphatic heterocycles. The van der Waals surface area contributed by atoms with E-state index in [0.29, 0.717) is 65.7 Å². The number of unbranched alkanes of at least 4 members (excludes halogenated alkanes) is 2. The van der Waals surface area contributed by atoms with E-state index in [1.165, 1.54) is 16.5 Å². The maximum Gasteiger partial charge on any atom is 0.257 e. The van der Waals surface area contributed by atoms with Crippen LogP contribution >= 0.6 is 12.6 Å². The van der Waals surface area contributed by atoms with Crippen molar-refractivity contribution < 1.29 is 52.5 Å². The molecule has 2 aromatic carbocycles. The van der Waals surface area contributed by atoms with E-state index in [1.807, 2.05) is 39.0 Å². The summed E-state index contributed by atoms with van der Waals surface area (Å²) in [6.07, 6.45) is 2.00. The second kappa shape index (κ2) is 25.4. The molecule has 3 unspecified atom stereocenters. The summed E-state index contributed by atoms with van der Waals surface area (Å²) in [5, 5.41) is 23.0. The van der Waals surface area contributed by atoms with Gasteiger partial charge in [-0.1, -0.05) is 63.1 Å². The second-order valence-corrected chi connectivity index (χ2v) is 19.0. The van der Waals surface area contributed by atoms with Gasteiger partial charge in [-0.25, -0.2) is 9.37 Å². The van der Waals surface area contributed by atoms with E-state index in [9.17, 15) is 43.5 Å². The van der Waals surface area contributed by atoms with Gasteiger partial charge in [0.25, 0.3) is 5.56 Å². The Hall–Kier alpha value is -6.55. The number of ether oxygens (including phenoxy) is 2. The van der Waals surface area contributed by atoms with Gasteiger partial charge in [0.2, 0.25) is 41.4 Å². The number of carbonyl (C=O) groups is 7. The quantitative estimate of drug-likeness (QED) is 0.0290. The summed E-state index contributed by atoms with van der Waals surface area (Å²) in [5.41, 5.74) is 5.91. The normalized spacial score (nSPS) is 18.0. The minimum atomic E-state index is -0.963. The Morgan fingerprint density at radius 3 is 2.10 bits per heavy atom. The van der Waals surface area contributed by atoms with Crippen LogP contribution in [0.3, 0.4) is 0 Å². The molecule has 21 heteroatoms. The summed E-state index contributed by atoms with van der Waals surface area (Å²) in [4.78, 5) is 105. The minimum Gasteiger partial charge on any atom is -0.386 e. The van der Waals surface area contributed by atoms with Crippen LogP contribution in [0.1, 0.15) is 104 Å². The van der Waals surface area contributed by atoms with Crippen LogP contribution in [-0.2, 0) is 68.0 Å². The molecule has 0 bridgehead atoms. The van der Waals surface area contributed by atoms with Gasteiger partial charge >= 0.3 is 0 Å². The molecule has 0 radical (unpaired) electrons. The van der Waals surface area contributed by atoms with Gasteiger partial charge in [0.1, 0.15) is 18.7 Å². The minimum absolute atomic E-state index is 0.0678. The number of aliphatic hydroxyl groups excluding tert-OH is 1. The summed E-state index contributed by atoms with van der Waals surface area (Å²) in [6, 6.07) is 13.4. The lowest BCUT2D eigenvalue weighted by molar-refractivity contribution is -0.138. The van der Waals surface area contributed by atoms with Gasteiger partial charge in [-0.15, -0.1) is 0 Å². The van der Waals surface area contributed by atoms with Crippen LogP contribution in [0.2, 0.25) is 0 Å². The van der Waals surface area contributed by atoms with Gasteiger partial charge in [0.05, 0.1) is 74.7 Å². The number of aliphatic hydroxyl groups is 1. The number of thiol groups is 1. The highest BCUT2D eigenvalue weighted by atomic mass is 32.1. The molecule has 73 heavy (non-hydrogen) atoms. The number of hydrogen-bond acceptors (Lipinski definition) is 13. The van der Waals surface area contributed by atoms with Gasteiger partial charge < -0.3 is 45.7 Å². The first-order valence-corrected chi connectivity index (χ1v) is 25.1. The molecular formula is C52H65FN8O11S. The number of imide groups is 1. The largest absolute Gasteiger partial charge is 0.386 e. The standard InChI is InChI=1S/C43H51FN8O11S.C7H8.C2H6/c1-22-23-7-8-43(2,39-25-17-52-29(40(25)50-28(38(23)39)11-27(22)44)10-24-26(41(52)60)18-62-19-30(24)53)20-63-21-49-36(58)16-48-35(57)15-47-34(56)14-46-33(55)13-45-32(54)6-4-3-5-9-51-37(59)12-31(64)42(51)61;1-7-5-3-2-4-6-7;1-2/h10-11,30-31,53,64H,3-9,12-21H2,1-2H3,(H,45,54)(H,46,55)(H,47,56)(H,48,57)(H,49,58);2-6H,1H3;1-2H3. The molecule has 0 spiro atoms. The smallest absolute Gasteiger partial charge is 0.257 e. The number of rotatable bonds is 18. The fourth-order valence-electron chi connectivity index (χ4n) is 9.28. The third-order valence-electron chi connectivity index (χ3n) is 13.1. The van der Waals surface area contributed by atoms with E-state index in [4.69, 9.17) is 14.5 Å². The van der Waals surface area contributed by atoms with Crippen molar-refractivity contribution in [3.05, 3.63) is 97.6 Å². The highest BCUT2D eigenvalue weighted by molar-refractivity contribution is 7.81. The van der Waals surface area contributed by atoms with E-state index in [2.05, 4.69) is 58.3 Å². The Labute approximate surface area is 428 Å². The lowest BCUT2D eigenvalue weighted by Gasteiger charge is -2.37. The Morgan fingerprint density at radius 1 is 0.863 bits per heavy atom. The van der Waals surface area contributed by atoms with E-state index < -0.39 is 60.0 Å². The fraction of sp³-hybridized carbons (Fsp3) is 0.481. The molecular weight excluding hydrogens is 964 g/mol. The molecule has 4 aliphatic rings. The van der Waals surface area contributed by atoms with Crippen LogP contribution in [0.4, 0.5) is 4.39 Å². The van der Waals surface area contributed by atoms with Crippen molar-refractivity contribution in [2.75, 3.05) is 52.7 Å². The molecule has 3 atom stereocenters. The Balaban J connectivity index is 0.000000880. The van der Waals surface area contributed by atoms with Crippen molar-refractivity contribution in [2.45, 2.75) is 109 Å². The maximum absolute atomic E-state index is 15.2. The molecule has 1 aliphatic carbocycles. The van der Waals surface area contributed by atoms with Crippen molar-refractivity contribution >= 4 is 64.9 Å². The van der Waals surface area contributed by atoms with Crippen molar-refractivity contribution in [1.82, 2.24) is 41.0 Å². The van der Waals surface area contributed by atoms with Gasteiger partial charge in [-0.05, 0) is 67.9 Å². The highest BCUT2D eigenvalue weighted by Gasteiger charge is 2.41. The number of halogens is 1. The summed E-state index contributed by atoms with van der Waals surface area (Å²) in [5.74, 6) is -3.83. The van der Waals surface area contributed by atoms with Crippen LogP contribution < -0.4 is 32.1 Å². The van der Waals surface area contributed by atoms with Crippen molar-refractivity contribution in [3.63, 3.8) is 0 Å². The average Bonchev–Trinajstić information content (AvgIpc) is 3.86. The van der Waals surface area contributed by atoms with Crippen LogP contribution in [-0.4, -0.2) is 119 Å². The summed E-state index contributed by atoms with van der Waals surface area (Å²) in [6.45, 7) is 8.75. The number of aromatic nitrogens is 2. The SMILES string of the molecule is CC.Cc1c(F)cc2nc3c(c4c2c1CCC4(C)COCNC(=O)CNC(=O)CNC(=O)CNC(=O)CNC(=O)CCCCCN1C(=O)CC(S)C1=O)Cn1c-3cc2c(c1=O)COCC2O.Cc1ccccc1. The number of pyridine rings is 2.